The summed E-state index contributed by atoms with van der Waals surface area (Å²) in [4.78, 5) is 7.16. The molecule has 0 spiro atoms. The fourth-order valence-electron chi connectivity index (χ4n) is 2.89. The van der Waals surface area contributed by atoms with Gasteiger partial charge < -0.3 is 5.32 Å². The predicted octanol–water partition coefficient (Wildman–Crippen LogP) is 3.84. The minimum Gasteiger partial charge on any atom is -0.370 e. The van der Waals surface area contributed by atoms with Crippen molar-refractivity contribution >= 4 is 5.82 Å². The van der Waals surface area contributed by atoms with Crippen LogP contribution < -0.4 is 5.32 Å². The van der Waals surface area contributed by atoms with Gasteiger partial charge in [0.05, 0.1) is 0 Å². The molecule has 0 amide bonds. The number of anilines is 1. The standard InChI is InChI=1S/C16H27N3/c1-4-10-17-16-9-8-14(12-18-16)15-7-5-6-11-19(15)13(2)3/h8-9,12-13,15H,4-7,10-11H2,1-3H3,(H,17,18)/t15-/m1/s1. The molecule has 1 aliphatic heterocycles. The molecular weight excluding hydrogens is 234 g/mol. The summed E-state index contributed by atoms with van der Waals surface area (Å²) in [7, 11) is 0. The van der Waals surface area contributed by atoms with Crippen molar-refractivity contribution in [3.63, 3.8) is 0 Å². The Kier molecular flexibility index (Phi) is 5.20. The molecule has 19 heavy (non-hydrogen) atoms. The van der Waals surface area contributed by atoms with E-state index >= 15 is 0 Å². The fourth-order valence-corrected chi connectivity index (χ4v) is 2.89. The number of aromatic nitrogens is 1. The van der Waals surface area contributed by atoms with Gasteiger partial charge in [0, 0.05) is 24.8 Å². The lowest BCUT2D eigenvalue weighted by Crippen LogP contribution is -2.38. The van der Waals surface area contributed by atoms with E-state index in [1.54, 1.807) is 0 Å². The van der Waals surface area contributed by atoms with Gasteiger partial charge >= 0.3 is 0 Å². The first-order valence-corrected chi connectivity index (χ1v) is 7.68. The van der Waals surface area contributed by atoms with E-state index < -0.39 is 0 Å². The zero-order valence-electron chi connectivity index (χ0n) is 12.5. The molecule has 3 heteroatoms. The Morgan fingerprint density at radius 3 is 2.84 bits per heavy atom. The van der Waals surface area contributed by atoms with Gasteiger partial charge in [-0.15, -0.1) is 0 Å². The third-order valence-electron chi connectivity index (χ3n) is 3.93. The topological polar surface area (TPSA) is 28.2 Å². The Morgan fingerprint density at radius 2 is 2.21 bits per heavy atom. The van der Waals surface area contributed by atoms with Crippen LogP contribution in [0, 0.1) is 0 Å². The summed E-state index contributed by atoms with van der Waals surface area (Å²) in [6.07, 6.45) is 7.13. The van der Waals surface area contributed by atoms with Gasteiger partial charge in [-0.3, -0.25) is 4.90 Å². The Balaban J connectivity index is 2.07. The maximum atomic E-state index is 4.55. The van der Waals surface area contributed by atoms with Crippen molar-refractivity contribution in [2.45, 2.75) is 58.5 Å². The molecular formula is C16H27N3. The second-order valence-electron chi connectivity index (χ2n) is 5.75. The number of hydrogen-bond donors (Lipinski definition) is 1. The Bertz CT molecular complexity index is 372. The first-order valence-electron chi connectivity index (χ1n) is 7.68. The summed E-state index contributed by atoms with van der Waals surface area (Å²) < 4.78 is 0. The molecule has 3 nitrogen and oxygen atoms in total. The molecule has 1 aliphatic rings. The van der Waals surface area contributed by atoms with E-state index in [0.717, 1.165) is 18.8 Å². The zero-order chi connectivity index (χ0) is 13.7. The van der Waals surface area contributed by atoms with E-state index in [9.17, 15) is 0 Å². The predicted molar refractivity (Wildman–Crippen MR) is 81.5 cm³/mol. The molecule has 1 fully saturated rings. The van der Waals surface area contributed by atoms with Crippen LogP contribution in [0.25, 0.3) is 0 Å². The molecule has 0 radical (unpaired) electrons. The maximum Gasteiger partial charge on any atom is 0.125 e. The van der Waals surface area contributed by atoms with E-state index in [4.69, 9.17) is 0 Å². The highest BCUT2D eigenvalue weighted by molar-refractivity contribution is 5.36. The molecule has 2 heterocycles. The van der Waals surface area contributed by atoms with Crippen LogP contribution in [0.15, 0.2) is 18.3 Å². The monoisotopic (exact) mass is 261 g/mol. The molecule has 1 aromatic rings. The number of piperidine rings is 1. The minimum absolute atomic E-state index is 0.557. The van der Waals surface area contributed by atoms with E-state index in [0.29, 0.717) is 12.1 Å². The van der Waals surface area contributed by atoms with Gasteiger partial charge in [0.2, 0.25) is 0 Å². The number of hydrogen-bond acceptors (Lipinski definition) is 3. The van der Waals surface area contributed by atoms with Crippen LogP contribution in [-0.4, -0.2) is 29.0 Å². The second-order valence-corrected chi connectivity index (χ2v) is 5.75. The average molecular weight is 261 g/mol. The van der Waals surface area contributed by atoms with Gasteiger partial charge in [-0.1, -0.05) is 19.4 Å². The third-order valence-corrected chi connectivity index (χ3v) is 3.93. The van der Waals surface area contributed by atoms with Crippen LogP contribution in [-0.2, 0) is 0 Å². The van der Waals surface area contributed by atoms with Crippen LogP contribution in [0.1, 0.15) is 58.1 Å². The zero-order valence-corrected chi connectivity index (χ0v) is 12.5. The number of pyridine rings is 1. The highest BCUT2D eigenvalue weighted by atomic mass is 15.2. The summed E-state index contributed by atoms with van der Waals surface area (Å²) in [5, 5.41) is 3.33. The minimum atomic E-state index is 0.557. The van der Waals surface area contributed by atoms with Crippen molar-refractivity contribution in [3.05, 3.63) is 23.9 Å². The van der Waals surface area contributed by atoms with Crippen LogP contribution >= 0.6 is 0 Å². The van der Waals surface area contributed by atoms with E-state index in [1.807, 2.05) is 0 Å². The molecule has 1 N–H and O–H groups in total. The number of nitrogens with zero attached hydrogens (tertiary/aromatic N) is 2. The SMILES string of the molecule is CCCNc1ccc([C@H]2CCCCN2C(C)C)cn1. The normalized spacial score (nSPS) is 20.7. The molecule has 0 unspecified atom stereocenters. The van der Waals surface area contributed by atoms with Crippen LogP contribution in [0.5, 0.6) is 0 Å². The molecule has 2 rings (SSSR count). The fraction of sp³-hybridized carbons (Fsp3) is 0.688. The van der Waals surface area contributed by atoms with E-state index in [1.165, 1.54) is 31.4 Å². The van der Waals surface area contributed by atoms with Crippen LogP contribution in [0.2, 0.25) is 0 Å². The summed E-state index contributed by atoms with van der Waals surface area (Å²) >= 11 is 0. The summed E-state index contributed by atoms with van der Waals surface area (Å²) in [5.41, 5.74) is 1.37. The Morgan fingerprint density at radius 1 is 1.37 bits per heavy atom. The van der Waals surface area contributed by atoms with Crippen molar-refractivity contribution in [1.29, 1.82) is 0 Å². The van der Waals surface area contributed by atoms with Crippen molar-refractivity contribution in [2.75, 3.05) is 18.4 Å². The summed E-state index contributed by atoms with van der Waals surface area (Å²) in [6, 6.07) is 5.54. The summed E-state index contributed by atoms with van der Waals surface area (Å²) in [6.45, 7) is 8.97. The molecule has 0 aromatic carbocycles. The highest BCUT2D eigenvalue weighted by Gasteiger charge is 2.25. The Hall–Kier alpha value is -1.09. The van der Waals surface area contributed by atoms with Crippen molar-refractivity contribution < 1.29 is 0 Å². The summed E-state index contributed by atoms with van der Waals surface area (Å²) in [5.74, 6) is 0.998. The highest BCUT2D eigenvalue weighted by Crippen LogP contribution is 2.32. The smallest absolute Gasteiger partial charge is 0.125 e. The molecule has 1 saturated heterocycles. The lowest BCUT2D eigenvalue weighted by Gasteiger charge is -2.38. The van der Waals surface area contributed by atoms with Crippen molar-refractivity contribution in [2.24, 2.45) is 0 Å². The number of nitrogens with one attached hydrogen (secondary N) is 1. The first kappa shape index (κ1) is 14.3. The molecule has 106 valence electrons. The lowest BCUT2D eigenvalue weighted by molar-refractivity contribution is 0.112. The van der Waals surface area contributed by atoms with Gasteiger partial charge in [0.1, 0.15) is 5.82 Å². The van der Waals surface area contributed by atoms with Gasteiger partial charge in [0.15, 0.2) is 0 Å². The van der Waals surface area contributed by atoms with Crippen LogP contribution in [0.4, 0.5) is 5.82 Å². The first-order chi connectivity index (χ1) is 9.22. The van der Waals surface area contributed by atoms with E-state index in [2.05, 4.69) is 54.3 Å². The van der Waals surface area contributed by atoms with Gasteiger partial charge in [-0.25, -0.2) is 4.98 Å². The molecule has 1 atom stereocenters. The third kappa shape index (κ3) is 3.69. The lowest BCUT2D eigenvalue weighted by atomic mass is 9.95. The number of likely N-dealkylation sites (tertiary alicyclic amines) is 1. The van der Waals surface area contributed by atoms with Crippen LogP contribution in [0.3, 0.4) is 0 Å². The average Bonchev–Trinajstić information content (AvgIpc) is 2.45. The number of rotatable bonds is 5. The van der Waals surface area contributed by atoms with Gasteiger partial charge in [0.25, 0.3) is 0 Å². The van der Waals surface area contributed by atoms with E-state index in [-0.39, 0.29) is 0 Å². The second kappa shape index (κ2) is 6.90. The van der Waals surface area contributed by atoms with Crippen molar-refractivity contribution in [3.8, 4) is 0 Å². The van der Waals surface area contributed by atoms with Gasteiger partial charge in [-0.05, 0) is 51.3 Å². The molecule has 0 saturated carbocycles. The Labute approximate surface area is 117 Å². The molecule has 0 aliphatic carbocycles. The quantitative estimate of drug-likeness (QED) is 0.873. The molecule has 1 aromatic heterocycles. The molecule has 0 bridgehead atoms. The van der Waals surface area contributed by atoms with Gasteiger partial charge in [-0.2, -0.15) is 0 Å². The largest absolute Gasteiger partial charge is 0.370 e. The maximum absolute atomic E-state index is 4.55. The van der Waals surface area contributed by atoms with Crippen molar-refractivity contribution in [1.82, 2.24) is 9.88 Å².